The molecule has 0 aromatic rings. The standard InChI is InChI=1S/C14H27N3O3/c1-14(2,3)17(10-12(18)19)13(20)16(5)9-11-7-6-8-15(11)4/h11H,6-10H2,1-5H3,(H,18,19). The minimum absolute atomic E-state index is 0.222. The number of hydrogen-bond acceptors (Lipinski definition) is 3. The second kappa shape index (κ2) is 6.43. The summed E-state index contributed by atoms with van der Waals surface area (Å²) in [5.41, 5.74) is -0.509. The predicted molar refractivity (Wildman–Crippen MR) is 77.8 cm³/mol. The summed E-state index contributed by atoms with van der Waals surface area (Å²) in [6.07, 6.45) is 2.24. The molecule has 0 aromatic heterocycles. The van der Waals surface area contributed by atoms with Gasteiger partial charge >= 0.3 is 12.0 Å². The molecule has 0 radical (unpaired) electrons. The van der Waals surface area contributed by atoms with Crippen LogP contribution in [0.5, 0.6) is 0 Å². The van der Waals surface area contributed by atoms with Crippen molar-refractivity contribution in [1.29, 1.82) is 0 Å². The molecule has 0 spiro atoms. The summed E-state index contributed by atoms with van der Waals surface area (Å²) in [7, 11) is 3.81. The molecular formula is C14H27N3O3. The van der Waals surface area contributed by atoms with Gasteiger partial charge in [-0.15, -0.1) is 0 Å². The number of amides is 2. The van der Waals surface area contributed by atoms with Crippen molar-refractivity contribution in [3.63, 3.8) is 0 Å². The van der Waals surface area contributed by atoms with E-state index in [1.165, 1.54) is 4.90 Å². The van der Waals surface area contributed by atoms with Crippen LogP contribution in [0.4, 0.5) is 4.79 Å². The molecule has 0 aromatic carbocycles. The van der Waals surface area contributed by atoms with E-state index in [1.807, 2.05) is 20.8 Å². The average molecular weight is 285 g/mol. The Bertz CT molecular complexity index is 365. The maximum Gasteiger partial charge on any atom is 0.323 e. The number of nitrogens with zero attached hydrogens (tertiary/aromatic N) is 3. The molecule has 0 aliphatic carbocycles. The van der Waals surface area contributed by atoms with E-state index in [1.54, 1.807) is 11.9 Å². The summed E-state index contributed by atoms with van der Waals surface area (Å²) in [4.78, 5) is 28.7. The van der Waals surface area contributed by atoms with Crippen LogP contribution in [0.2, 0.25) is 0 Å². The minimum atomic E-state index is -0.986. The van der Waals surface area contributed by atoms with Crippen molar-refractivity contribution in [3.05, 3.63) is 0 Å². The molecule has 6 nitrogen and oxygen atoms in total. The SMILES string of the molecule is CN(CC1CCCN1C)C(=O)N(CC(=O)O)C(C)(C)C. The van der Waals surface area contributed by atoms with E-state index in [4.69, 9.17) is 5.11 Å². The summed E-state index contributed by atoms with van der Waals surface area (Å²) >= 11 is 0. The number of carbonyl (C=O) groups is 2. The number of carboxylic acid groups (broad SMARTS) is 1. The molecule has 1 heterocycles. The quantitative estimate of drug-likeness (QED) is 0.846. The molecule has 1 aliphatic heterocycles. The number of carbonyl (C=O) groups excluding carboxylic acids is 1. The summed E-state index contributed by atoms with van der Waals surface area (Å²) in [6.45, 7) is 6.98. The first-order valence-corrected chi connectivity index (χ1v) is 7.07. The lowest BCUT2D eigenvalue weighted by Gasteiger charge is -2.38. The molecule has 0 bridgehead atoms. The van der Waals surface area contributed by atoms with Crippen LogP contribution < -0.4 is 0 Å². The third kappa shape index (κ3) is 4.37. The van der Waals surface area contributed by atoms with E-state index >= 15 is 0 Å². The second-order valence-electron chi connectivity index (χ2n) is 6.59. The number of urea groups is 1. The topological polar surface area (TPSA) is 64.1 Å². The van der Waals surface area contributed by atoms with Crippen LogP contribution in [0.1, 0.15) is 33.6 Å². The average Bonchev–Trinajstić information content (AvgIpc) is 2.69. The first-order valence-electron chi connectivity index (χ1n) is 7.07. The van der Waals surface area contributed by atoms with E-state index in [-0.39, 0.29) is 12.6 Å². The zero-order valence-electron chi connectivity index (χ0n) is 13.2. The fourth-order valence-corrected chi connectivity index (χ4v) is 2.54. The van der Waals surface area contributed by atoms with Gasteiger partial charge in [-0.25, -0.2) is 4.79 Å². The number of hydrogen-bond donors (Lipinski definition) is 1. The van der Waals surface area contributed by atoms with E-state index in [0.717, 1.165) is 19.4 Å². The van der Waals surface area contributed by atoms with Crippen LogP contribution in [0.25, 0.3) is 0 Å². The lowest BCUT2D eigenvalue weighted by atomic mass is 10.1. The molecule has 0 saturated carbocycles. The van der Waals surface area contributed by atoms with Crippen LogP contribution in [-0.2, 0) is 4.79 Å². The summed E-state index contributed by atoms with van der Waals surface area (Å²) in [5, 5.41) is 8.98. The first-order chi connectivity index (χ1) is 9.12. The fraction of sp³-hybridized carbons (Fsp3) is 0.857. The van der Waals surface area contributed by atoms with Crippen LogP contribution in [0.15, 0.2) is 0 Å². The van der Waals surface area contributed by atoms with Gasteiger partial charge in [0.15, 0.2) is 0 Å². The van der Waals surface area contributed by atoms with Crippen LogP contribution in [0.3, 0.4) is 0 Å². The molecule has 6 heteroatoms. The highest BCUT2D eigenvalue weighted by Gasteiger charge is 2.32. The highest BCUT2D eigenvalue weighted by Crippen LogP contribution is 2.18. The Morgan fingerprint density at radius 2 is 1.95 bits per heavy atom. The van der Waals surface area contributed by atoms with Gasteiger partial charge in [-0.3, -0.25) is 4.79 Å². The highest BCUT2D eigenvalue weighted by molar-refractivity contribution is 5.80. The summed E-state index contributed by atoms with van der Waals surface area (Å²) < 4.78 is 0. The van der Waals surface area contributed by atoms with Gasteiger partial charge in [-0.05, 0) is 47.2 Å². The van der Waals surface area contributed by atoms with Gasteiger partial charge in [0.1, 0.15) is 6.54 Å². The third-order valence-electron chi connectivity index (χ3n) is 3.82. The molecule has 2 amide bonds. The predicted octanol–water partition coefficient (Wildman–Crippen LogP) is 1.32. The molecule has 1 rings (SSSR count). The first kappa shape index (κ1) is 16.8. The van der Waals surface area contributed by atoms with Crippen molar-refractivity contribution in [2.75, 3.05) is 33.7 Å². The monoisotopic (exact) mass is 285 g/mol. The highest BCUT2D eigenvalue weighted by atomic mass is 16.4. The van der Waals surface area contributed by atoms with Gasteiger partial charge < -0.3 is 19.8 Å². The molecule has 1 unspecified atom stereocenters. The van der Waals surface area contributed by atoms with Gasteiger partial charge in [0.25, 0.3) is 0 Å². The maximum absolute atomic E-state index is 12.5. The molecule has 1 aliphatic rings. The lowest BCUT2D eigenvalue weighted by Crippen LogP contribution is -2.54. The van der Waals surface area contributed by atoms with Crippen LogP contribution in [-0.4, -0.2) is 77.1 Å². The fourth-order valence-electron chi connectivity index (χ4n) is 2.54. The maximum atomic E-state index is 12.5. The van der Waals surface area contributed by atoms with Crippen molar-refractivity contribution in [2.45, 2.75) is 45.2 Å². The van der Waals surface area contributed by atoms with E-state index in [2.05, 4.69) is 11.9 Å². The number of rotatable bonds is 4. The van der Waals surface area contributed by atoms with Gasteiger partial charge in [-0.2, -0.15) is 0 Å². The summed E-state index contributed by atoms with van der Waals surface area (Å²) in [5.74, 6) is -0.986. The Labute approximate surface area is 121 Å². The Morgan fingerprint density at radius 3 is 2.35 bits per heavy atom. The lowest BCUT2D eigenvalue weighted by molar-refractivity contribution is -0.138. The molecule has 20 heavy (non-hydrogen) atoms. The normalized spacial score (nSPS) is 19.9. The van der Waals surface area contributed by atoms with E-state index in [9.17, 15) is 9.59 Å². The van der Waals surface area contributed by atoms with Crippen molar-refractivity contribution >= 4 is 12.0 Å². The zero-order chi connectivity index (χ0) is 15.5. The van der Waals surface area contributed by atoms with Crippen molar-refractivity contribution in [1.82, 2.24) is 14.7 Å². The Hall–Kier alpha value is -1.30. The van der Waals surface area contributed by atoms with Crippen molar-refractivity contribution in [2.24, 2.45) is 0 Å². The Morgan fingerprint density at radius 1 is 1.35 bits per heavy atom. The number of aliphatic carboxylic acids is 1. The molecular weight excluding hydrogens is 258 g/mol. The Kier molecular flexibility index (Phi) is 5.39. The number of carboxylic acids is 1. The summed E-state index contributed by atoms with van der Waals surface area (Å²) in [6, 6.07) is 0.149. The van der Waals surface area contributed by atoms with Crippen LogP contribution in [0, 0.1) is 0 Å². The Balaban J connectivity index is 2.70. The number of likely N-dealkylation sites (N-methyl/N-ethyl adjacent to an activating group) is 2. The second-order valence-corrected chi connectivity index (χ2v) is 6.59. The molecule has 1 fully saturated rings. The van der Waals surface area contributed by atoms with E-state index in [0.29, 0.717) is 12.6 Å². The zero-order valence-corrected chi connectivity index (χ0v) is 13.2. The largest absolute Gasteiger partial charge is 0.480 e. The van der Waals surface area contributed by atoms with Gasteiger partial charge in [0.05, 0.1) is 0 Å². The van der Waals surface area contributed by atoms with Crippen LogP contribution >= 0.6 is 0 Å². The number of likely N-dealkylation sites (tertiary alicyclic amines) is 1. The molecule has 1 atom stereocenters. The van der Waals surface area contributed by atoms with E-state index < -0.39 is 11.5 Å². The molecule has 1 N–H and O–H groups in total. The molecule has 116 valence electrons. The van der Waals surface area contributed by atoms with Gasteiger partial charge in [0.2, 0.25) is 0 Å². The van der Waals surface area contributed by atoms with Crippen molar-refractivity contribution < 1.29 is 14.7 Å². The van der Waals surface area contributed by atoms with Crippen molar-refractivity contribution in [3.8, 4) is 0 Å². The van der Waals surface area contributed by atoms with Gasteiger partial charge in [0, 0.05) is 25.2 Å². The minimum Gasteiger partial charge on any atom is -0.480 e. The third-order valence-corrected chi connectivity index (χ3v) is 3.82. The molecule has 1 saturated heterocycles. The van der Waals surface area contributed by atoms with Gasteiger partial charge in [-0.1, -0.05) is 0 Å². The smallest absolute Gasteiger partial charge is 0.323 e.